The van der Waals surface area contributed by atoms with Crippen molar-refractivity contribution in [2.45, 2.75) is 12.6 Å². The first-order chi connectivity index (χ1) is 12.6. The zero-order valence-corrected chi connectivity index (χ0v) is 15.4. The van der Waals surface area contributed by atoms with Crippen molar-refractivity contribution in [1.82, 2.24) is 9.62 Å². The van der Waals surface area contributed by atoms with Gasteiger partial charge < -0.3 is 4.74 Å². The molecule has 0 amide bonds. The molecule has 1 saturated heterocycles. The Morgan fingerprint density at radius 1 is 1.08 bits per heavy atom. The van der Waals surface area contributed by atoms with Crippen LogP contribution in [0.25, 0.3) is 6.08 Å². The van der Waals surface area contributed by atoms with Gasteiger partial charge in [0.15, 0.2) is 0 Å². The summed E-state index contributed by atoms with van der Waals surface area (Å²) >= 11 is 0. The molecule has 5 nitrogen and oxygen atoms in total. The molecule has 0 radical (unpaired) electrons. The summed E-state index contributed by atoms with van der Waals surface area (Å²) in [6.07, 6.45) is 1.44. The minimum absolute atomic E-state index is 0.146. The Balaban J connectivity index is 1.49. The van der Waals surface area contributed by atoms with Crippen molar-refractivity contribution in [1.29, 1.82) is 0 Å². The molecule has 2 aromatic rings. The number of benzene rings is 2. The number of nitrogens with zero attached hydrogens (tertiary/aromatic N) is 1. The van der Waals surface area contributed by atoms with Gasteiger partial charge in [-0.25, -0.2) is 13.1 Å². The summed E-state index contributed by atoms with van der Waals surface area (Å²) < 4.78 is 32.6. The van der Waals surface area contributed by atoms with E-state index in [4.69, 9.17) is 4.74 Å². The Kier molecular flexibility index (Phi) is 6.57. The lowest BCUT2D eigenvalue weighted by atomic mass is 10.2. The maximum Gasteiger partial charge on any atom is 0.233 e. The van der Waals surface area contributed by atoms with Gasteiger partial charge in [0.2, 0.25) is 10.0 Å². The van der Waals surface area contributed by atoms with E-state index in [1.807, 2.05) is 48.5 Å². The molecule has 1 N–H and O–H groups in total. The van der Waals surface area contributed by atoms with Crippen LogP contribution in [0.1, 0.15) is 11.1 Å². The van der Waals surface area contributed by atoms with Crippen LogP contribution in [0, 0.1) is 0 Å². The molecule has 1 aliphatic heterocycles. The summed E-state index contributed by atoms with van der Waals surface area (Å²) in [6.45, 7) is 3.29. The maximum atomic E-state index is 12.2. The van der Waals surface area contributed by atoms with E-state index in [1.54, 1.807) is 6.08 Å². The van der Waals surface area contributed by atoms with Crippen LogP contribution in [-0.2, 0) is 21.3 Å². The van der Waals surface area contributed by atoms with E-state index >= 15 is 0 Å². The molecule has 0 aliphatic carbocycles. The number of rotatable bonds is 7. The highest BCUT2D eigenvalue weighted by molar-refractivity contribution is 7.92. The fourth-order valence-electron chi connectivity index (χ4n) is 2.88. The molecule has 1 aliphatic rings. The van der Waals surface area contributed by atoms with Gasteiger partial charge in [-0.2, -0.15) is 0 Å². The second-order valence-electron chi connectivity index (χ2n) is 6.32. The lowest BCUT2D eigenvalue weighted by Gasteiger charge is -2.32. The zero-order valence-electron chi connectivity index (χ0n) is 14.6. The van der Waals surface area contributed by atoms with Gasteiger partial charge in [0.05, 0.1) is 12.7 Å². The highest BCUT2D eigenvalue weighted by Crippen LogP contribution is 2.10. The average Bonchev–Trinajstić information content (AvgIpc) is 2.67. The smallest absolute Gasteiger partial charge is 0.233 e. The average molecular weight is 372 g/mol. The predicted octanol–water partition coefficient (Wildman–Crippen LogP) is 2.48. The fraction of sp³-hybridized carbons (Fsp3) is 0.300. The van der Waals surface area contributed by atoms with Crippen LogP contribution in [0.5, 0.6) is 0 Å². The molecule has 1 heterocycles. The molecule has 0 bridgehead atoms. The molecule has 1 fully saturated rings. The highest BCUT2D eigenvalue weighted by Gasteiger charge is 2.21. The van der Waals surface area contributed by atoms with Crippen molar-refractivity contribution in [3.63, 3.8) is 0 Å². The van der Waals surface area contributed by atoms with E-state index in [-0.39, 0.29) is 12.6 Å². The first-order valence-corrected chi connectivity index (χ1v) is 10.3. The van der Waals surface area contributed by atoms with Crippen LogP contribution in [0.3, 0.4) is 0 Å². The minimum Gasteiger partial charge on any atom is -0.374 e. The zero-order chi connectivity index (χ0) is 18.2. The van der Waals surface area contributed by atoms with E-state index in [0.717, 1.165) is 18.7 Å². The molecule has 3 rings (SSSR count). The molecule has 2 aromatic carbocycles. The van der Waals surface area contributed by atoms with Crippen LogP contribution in [0.4, 0.5) is 0 Å². The molecule has 0 aromatic heterocycles. The first kappa shape index (κ1) is 18.8. The number of hydrogen-bond donors (Lipinski definition) is 1. The maximum absolute atomic E-state index is 12.2. The summed E-state index contributed by atoms with van der Waals surface area (Å²) in [4.78, 5) is 2.29. The quantitative estimate of drug-likeness (QED) is 0.811. The normalized spacial score (nSPS) is 19.0. The second kappa shape index (κ2) is 9.09. The second-order valence-corrected chi connectivity index (χ2v) is 7.97. The number of nitrogens with one attached hydrogen (secondary N) is 1. The monoisotopic (exact) mass is 372 g/mol. The van der Waals surface area contributed by atoms with Crippen molar-refractivity contribution in [2.24, 2.45) is 0 Å². The molecular formula is C20H24N2O3S. The Bertz CT molecular complexity index is 807. The van der Waals surface area contributed by atoms with E-state index in [0.29, 0.717) is 13.2 Å². The van der Waals surface area contributed by atoms with Gasteiger partial charge >= 0.3 is 0 Å². The van der Waals surface area contributed by atoms with E-state index in [9.17, 15) is 8.42 Å². The van der Waals surface area contributed by atoms with E-state index < -0.39 is 10.0 Å². The Morgan fingerprint density at radius 2 is 1.77 bits per heavy atom. The van der Waals surface area contributed by atoms with Gasteiger partial charge in [0.1, 0.15) is 0 Å². The van der Waals surface area contributed by atoms with Crippen LogP contribution in [0.2, 0.25) is 0 Å². The van der Waals surface area contributed by atoms with Gasteiger partial charge in [0, 0.05) is 31.6 Å². The Morgan fingerprint density at radius 3 is 2.50 bits per heavy atom. The van der Waals surface area contributed by atoms with Gasteiger partial charge in [0.25, 0.3) is 0 Å². The van der Waals surface area contributed by atoms with Crippen molar-refractivity contribution in [3.05, 3.63) is 77.2 Å². The summed E-state index contributed by atoms with van der Waals surface area (Å²) in [6, 6.07) is 19.6. The van der Waals surface area contributed by atoms with Crippen LogP contribution in [-0.4, -0.2) is 45.7 Å². The van der Waals surface area contributed by atoms with Gasteiger partial charge in [-0.05, 0) is 17.2 Å². The molecule has 138 valence electrons. The highest BCUT2D eigenvalue weighted by atomic mass is 32.2. The summed E-state index contributed by atoms with van der Waals surface area (Å²) in [5, 5.41) is 1.20. The van der Waals surface area contributed by atoms with Crippen molar-refractivity contribution < 1.29 is 13.2 Å². The number of hydrogen-bond acceptors (Lipinski definition) is 4. The van der Waals surface area contributed by atoms with Crippen molar-refractivity contribution >= 4 is 16.1 Å². The predicted molar refractivity (Wildman–Crippen MR) is 104 cm³/mol. The van der Waals surface area contributed by atoms with Crippen LogP contribution in [0.15, 0.2) is 66.1 Å². The first-order valence-electron chi connectivity index (χ1n) is 8.71. The van der Waals surface area contributed by atoms with Gasteiger partial charge in [-0.1, -0.05) is 60.7 Å². The Hall–Kier alpha value is -1.99. The van der Waals surface area contributed by atoms with Crippen LogP contribution >= 0.6 is 0 Å². The van der Waals surface area contributed by atoms with Gasteiger partial charge in [-0.3, -0.25) is 4.90 Å². The third kappa shape index (κ3) is 6.07. The standard InChI is InChI=1S/C20H24N2O3S/c23-26(24,14-11-18-7-3-1-4-8-18)21-15-20-17-22(12-13-25-20)16-19-9-5-2-6-10-19/h1-11,14,20-21H,12-13,15-17H2. The Labute approximate surface area is 155 Å². The summed E-state index contributed by atoms with van der Waals surface area (Å²) in [5.41, 5.74) is 2.10. The number of ether oxygens (including phenoxy) is 1. The van der Waals surface area contributed by atoms with Crippen molar-refractivity contribution in [3.8, 4) is 0 Å². The third-order valence-corrected chi connectivity index (χ3v) is 5.29. The summed E-state index contributed by atoms with van der Waals surface area (Å²) in [5.74, 6) is 0. The van der Waals surface area contributed by atoms with Crippen LogP contribution < -0.4 is 4.72 Å². The third-order valence-electron chi connectivity index (χ3n) is 4.22. The molecule has 1 atom stereocenters. The molecule has 26 heavy (non-hydrogen) atoms. The summed E-state index contributed by atoms with van der Waals surface area (Å²) in [7, 11) is -3.48. The topological polar surface area (TPSA) is 58.6 Å². The molecular weight excluding hydrogens is 348 g/mol. The van der Waals surface area contributed by atoms with Gasteiger partial charge in [-0.15, -0.1) is 0 Å². The fourth-order valence-corrected chi connectivity index (χ4v) is 3.73. The SMILES string of the molecule is O=S(=O)(C=Cc1ccccc1)NCC1CN(Cc2ccccc2)CCO1. The largest absolute Gasteiger partial charge is 0.374 e. The van der Waals surface area contributed by atoms with E-state index in [1.165, 1.54) is 11.0 Å². The van der Waals surface area contributed by atoms with E-state index in [2.05, 4.69) is 21.8 Å². The number of morpholine rings is 1. The molecule has 0 spiro atoms. The molecule has 1 unspecified atom stereocenters. The van der Waals surface area contributed by atoms with Crippen molar-refractivity contribution in [2.75, 3.05) is 26.2 Å². The minimum atomic E-state index is -3.48. The lowest BCUT2D eigenvalue weighted by molar-refractivity contribution is -0.0276. The molecule has 0 saturated carbocycles. The number of sulfonamides is 1. The lowest BCUT2D eigenvalue weighted by Crippen LogP contribution is -2.46. The molecule has 6 heteroatoms.